The summed E-state index contributed by atoms with van der Waals surface area (Å²) in [6.07, 6.45) is 8.01. The van der Waals surface area contributed by atoms with Crippen LogP contribution in [0.3, 0.4) is 0 Å². The minimum absolute atomic E-state index is 0.129. The molecule has 4 nitrogen and oxygen atoms in total. The largest absolute Gasteiger partial charge is 0.384 e. The van der Waals surface area contributed by atoms with Crippen LogP contribution < -0.4 is 5.32 Å². The van der Waals surface area contributed by atoms with E-state index in [4.69, 9.17) is 0 Å². The number of pyridine rings is 1. The molecular weight excluding hydrogens is 236 g/mol. The summed E-state index contributed by atoms with van der Waals surface area (Å²) in [5.41, 5.74) is 0.893. The van der Waals surface area contributed by atoms with Crippen LogP contribution in [0.1, 0.15) is 25.7 Å². The zero-order valence-corrected chi connectivity index (χ0v) is 10.8. The fourth-order valence-electron chi connectivity index (χ4n) is 2.18. The number of hydrogen-bond acceptors (Lipinski definition) is 4. The molecule has 1 aromatic rings. The predicted octanol–water partition coefficient (Wildman–Crippen LogP) is 2.09. The smallest absolute Gasteiger partial charge is 0.192 e. The van der Waals surface area contributed by atoms with Gasteiger partial charge in [-0.3, -0.25) is 0 Å². The van der Waals surface area contributed by atoms with E-state index in [2.05, 4.69) is 10.3 Å². The lowest BCUT2D eigenvalue weighted by molar-refractivity contribution is 0.579. The molecule has 0 aliphatic heterocycles. The van der Waals surface area contributed by atoms with Crippen molar-refractivity contribution in [1.29, 1.82) is 0 Å². The Hall–Kier alpha value is -1.10. The lowest BCUT2D eigenvalue weighted by Gasteiger charge is -2.11. The molecule has 0 saturated heterocycles. The van der Waals surface area contributed by atoms with Crippen LogP contribution in [0.5, 0.6) is 0 Å². The van der Waals surface area contributed by atoms with Gasteiger partial charge in [0.1, 0.15) is 0 Å². The summed E-state index contributed by atoms with van der Waals surface area (Å²) in [6.45, 7) is 0.958. The molecule has 94 valence electrons. The third kappa shape index (κ3) is 3.43. The molecule has 1 fully saturated rings. The minimum Gasteiger partial charge on any atom is -0.384 e. The van der Waals surface area contributed by atoms with Crippen molar-refractivity contribution in [2.45, 2.75) is 30.7 Å². The Morgan fingerprint density at radius 2 is 2.06 bits per heavy atom. The van der Waals surface area contributed by atoms with Crippen LogP contribution in [0.15, 0.2) is 23.4 Å². The van der Waals surface area contributed by atoms with Crippen molar-refractivity contribution in [3.05, 3.63) is 18.3 Å². The molecule has 1 aliphatic carbocycles. The fraction of sp³-hybridized carbons (Fsp3) is 0.583. The normalized spacial score (nSPS) is 17.2. The Balaban J connectivity index is 1.94. The van der Waals surface area contributed by atoms with E-state index < -0.39 is 9.84 Å². The first-order valence-corrected chi connectivity index (χ1v) is 7.85. The summed E-state index contributed by atoms with van der Waals surface area (Å²) < 4.78 is 22.5. The molecule has 0 unspecified atom stereocenters. The number of anilines is 1. The van der Waals surface area contributed by atoms with Crippen molar-refractivity contribution < 1.29 is 8.42 Å². The number of hydrogen-bond donors (Lipinski definition) is 1. The highest BCUT2D eigenvalue weighted by molar-refractivity contribution is 7.90. The average molecular weight is 254 g/mol. The topological polar surface area (TPSA) is 59.1 Å². The summed E-state index contributed by atoms with van der Waals surface area (Å²) in [4.78, 5) is 3.94. The summed E-state index contributed by atoms with van der Waals surface area (Å²) in [7, 11) is -3.19. The molecule has 1 N–H and O–H groups in total. The molecular formula is C12H18N2O2S. The molecule has 1 aliphatic rings. The van der Waals surface area contributed by atoms with E-state index in [-0.39, 0.29) is 5.03 Å². The highest BCUT2D eigenvalue weighted by Crippen LogP contribution is 2.24. The van der Waals surface area contributed by atoms with E-state index in [1.165, 1.54) is 31.9 Å². The molecule has 0 radical (unpaired) electrons. The molecule has 0 spiro atoms. The monoisotopic (exact) mass is 254 g/mol. The Bertz CT molecular complexity index is 462. The van der Waals surface area contributed by atoms with Crippen molar-refractivity contribution in [2.24, 2.45) is 5.92 Å². The molecule has 17 heavy (non-hydrogen) atoms. The molecule has 0 bridgehead atoms. The van der Waals surface area contributed by atoms with E-state index in [1.807, 2.05) is 0 Å². The van der Waals surface area contributed by atoms with Gasteiger partial charge >= 0.3 is 0 Å². The van der Waals surface area contributed by atoms with Crippen molar-refractivity contribution in [1.82, 2.24) is 4.98 Å². The molecule has 1 heterocycles. The van der Waals surface area contributed by atoms with Crippen LogP contribution in [-0.4, -0.2) is 26.2 Å². The Morgan fingerprint density at radius 1 is 1.35 bits per heavy atom. The van der Waals surface area contributed by atoms with E-state index in [1.54, 1.807) is 18.3 Å². The maximum Gasteiger partial charge on any atom is 0.192 e. The second kappa shape index (κ2) is 5.04. The SMILES string of the molecule is CS(=O)(=O)c1ccc(NCC2CCCC2)cn1. The molecule has 0 amide bonds. The highest BCUT2D eigenvalue weighted by atomic mass is 32.2. The van der Waals surface area contributed by atoms with Crippen molar-refractivity contribution >= 4 is 15.5 Å². The van der Waals surface area contributed by atoms with Crippen LogP contribution in [-0.2, 0) is 9.84 Å². The number of rotatable bonds is 4. The molecule has 0 atom stereocenters. The lowest BCUT2D eigenvalue weighted by Crippen LogP contribution is -2.11. The van der Waals surface area contributed by atoms with Crippen LogP contribution in [0.25, 0.3) is 0 Å². The number of nitrogens with one attached hydrogen (secondary N) is 1. The summed E-state index contributed by atoms with van der Waals surface area (Å²) in [6, 6.07) is 3.32. The van der Waals surface area contributed by atoms with Gasteiger partial charge in [0.2, 0.25) is 0 Å². The maximum absolute atomic E-state index is 11.2. The third-order valence-corrected chi connectivity index (χ3v) is 4.19. The van der Waals surface area contributed by atoms with Gasteiger partial charge in [0, 0.05) is 12.8 Å². The minimum atomic E-state index is -3.19. The highest BCUT2D eigenvalue weighted by Gasteiger charge is 2.14. The zero-order chi connectivity index (χ0) is 12.3. The van der Waals surface area contributed by atoms with Crippen LogP contribution in [0, 0.1) is 5.92 Å². The first kappa shape index (κ1) is 12.4. The molecule has 2 rings (SSSR count). The van der Waals surface area contributed by atoms with Gasteiger partial charge in [-0.2, -0.15) is 0 Å². The third-order valence-electron chi connectivity index (χ3n) is 3.19. The van der Waals surface area contributed by atoms with Gasteiger partial charge in [-0.05, 0) is 30.9 Å². The van der Waals surface area contributed by atoms with Gasteiger partial charge in [-0.1, -0.05) is 12.8 Å². The van der Waals surface area contributed by atoms with Crippen LogP contribution in [0.4, 0.5) is 5.69 Å². The van der Waals surface area contributed by atoms with Gasteiger partial charge in [-0.15, -0.1) is 0 Å². The quantitative estimate of drug-likeness (QED) is 0.893. The number of aromatic nitrogens is 1. The van der Waals surface area contributed by atoms with E-state index >= 15 is 0 Å². The van der Waals surface area contributed by atoms with Crippen LogP contribution in [0.2, 0.25) is 0 Å². The van der Waals surface area contributed by atoms with Gasteiger partial charge in [-0.25, -0.2) is 13.4 Å². The van der Waals surface area contributed by atoms with Crippen molar-refractivity contribution in [2.75, 3.05) is 18.1 Å². The van der Waals surface area contributed by atoms with Gasteiger partial charge in [0.15, 0.2) is 14.9 Å². The lowest BCUT2D eigenvalue weighted by atomic mass is 10.1. The van der Waals surface area contributed by atoms with Gasteiger partial charge in [0.05, 0.1) is 11.9 Å². The van der Waals surface area contributed by atoms with Crippen molar-refractivity contribution in [3.8, 4) is 0 Å². The number of nitrogens with zero attached hydrogens (tertiary/aromatic N) is 1. The standard InChI is InChI=1S/C12H18N2O2S/c1-17(15,16)12-7-6-11(9-14-12)13-8-10-4-2-3-5-10/h6-7,9-10,13H,2-5,8H2,1H3. The Morgan fingerprint density at radius 3 is 2.59 bits per heavy atom. The predicted molar refractivity (Wildman–Crippen MR) is 67.8 cm³/mol. The second-order valence-corrected chi connectivity index (χ2v) is 6.65. The molecule has 0 aromatic carbocycles. The maximum atomic E-state index is 11.2. The van der Waals surface area contributed by atoms with Gasteiger partial charge < -0.3 is 5.32 Å². The van der Waals surface area contributed by atoms with Crippen molar-refractivity contribution in [3.63, 3.8) is 0 Å². The zero-order valence-electron chi connectivity index (χ0n) is 10.0. The molecule has 5 heteroatoms. The summed E-state index contributed by atoms with van der Waals surface area (Å²) >= 11 is 0. The van der Waals surface area contributed by atoms with E-state index in [0.717, 1.165) is 18.2 Å². The van der Waals surface area contributed by atoms with E-state index in [9.17, 15) is 8.42 Å². The Kier molecular flexibility index (Phi) is 3.66. The fourth-order valence-corrected chi connectivity index (χ4v) is 2.74. The number of sulfone groups is 1. The summed E-state index contributed by atoms with van der Waals surface area (Å²) in [5, 5.41) is 3.44. The first-order chi connectivity index (χ1) is 8.05. The summed E-state index contributed by atoms with van der Waals surface area (Å²) in [5.74, 6) is 0.754. The van der Waals surface area contributed by atoms with Crippen LogP contribution >= 0.6 is 0 Å². The first-order valence-electron chi connectivity index (χ1n) is 5.96. The molecule has 1 saturated carbocycles. The Labute approximate surface area is 102 Å². The second-order valence-electron chi connectivity index (χ2n) is 4.69. The average Bonchev–Trinajstić information content (AvgIpc) is 2.78. The molecule has 1 aromatic heterocycles. The van der Waals surface area contributed by atoms with Gasteiger partial charge in [0.25, 0.3) is 0 Å². The van der Waals surface area contributed by atoms with E-state index in [0.29, 0.717) is 0 Å².